The van der Waals surface area contributed by atoms with E-state index in [4.69, 9.17) is 11.6 Å². The molecule has 7 heteroatoms. The fourth-order valence-electron chi connectivity index (χ4n) is 3.58. The topological polar surface area (TPSA) is 74.8 Å². The molecule has 6 nitrogen and oxygen atoms in total. The summed E-state index contributed by atoms with van der Waals surface area (Å²) in [7, 11) is 0. The average Bonchev–Trinajstić information content (AvgIpc) is 3.17. The maximum absolute atomic E-state index is 13.3. The normalized spacial score (nSPS) is 20.1. The van der Waals surface area contributed by atoms with Gasteiger partial charge in [0.2, 0.25) is 11.9 Å². The van der Waals surface area contributed by atoms with E-state index in [0.717, 1.165) is 24.0 Å². The SMILES string of the molecule is C[C@]1(Cc2ccc(Cl)cc2)CCCN(c2nc(-c3ccncc3)n[nH]2)C1=O. The number of piperidine rings is 1. The highest BCUT2D eigenvalue weighted by molar-refractivity contribution is 6.30. The van der Waals surface area contributed by atoms with Crippen molar-refractivity contribution in [1.82, 2.24) is 20.2 Å². The predicted molar refractivity (Wildman–Crippen MR) is 104 cm³/mol. The van der Waals surface area contributed by atoms with Gasteiger partial charge in [-0.2, -0.15) is 10.1 Å². The summed E-state index contributed by atoms with van der Waals surface area (Å²) >= 11 is 5.98. The van der Waals surface area contributed by atoms with Crippen LogP contribution in [0.25, 0.3) is 11.4 Å². The second kappa shape index (κ2) is 7.12. The molecule has 1 atom stereocenters. The second-order valence-electron chi connectivity index (χ2n) is 7.14. The summed E-state index contributed by atoms with van der Waals surface area (Å²) in [5, 5.41) is 7.88. The van der Waals surface area contributed by atoms with E-state index in [-0.39, 0.29) is 5.91 Å². The van der Waals surface area contributed by atoms with Gasteiger partial charge in [-0.25, -0.2) is 5.10 Å². The fraction of sp³-hybridized carbons (Fsp3) is 0.300. The Morgan fingerprint density at radius 1 is 1.19 bits per heavy atom. The molecule has 1 aliphatic rings. The summed E-state index contributed by atoms with van der Waals surface area (Å²) in [5.41, 5.74) is 1.49. The van der Waals surface area contributed by atoms with Crippen LogP contribution in [0.1, 0.15) is 25.3 Å². The van der Waals surface area contributed by atoms with Gasteiger partial charge in [0.05, 0.1) is 5.41 Å². The van der Waals surface area contributed by atoms with Gasteiger partial charge in [0.15, 0.2) is 5.82 Å². The quantitative estimate of drug-likeness (QED) is 0.743. The lowest BCUT2D eigenvalue weighted by atomic mass is 9.76. The van der Waals surface area contributed by atoms with Crippen LogP contribution in [0.4, 0.5) is 5.95 Å². The Balaban J connectivity index is 1.56. The number of rotatable bonds is 4. The van der Waals surface area contributed by atoms with Crippen molar-refractivity contribution in [2.45, 2.75) is 26.2 Å². The summed E-state index contributed by atoms with van der Waals surface area (Å²) in [6.45, 7) is 2.66. The van der Waals surface area contributed by atoms with Crippen molar-refractivity contribution >= 4 is 23.5 Å². The Labute approximate surface area is 162 Å². The molecule has 0 radical (unpaired) electrons. The van der Waals surface area contributed by atoms with Crippen LogP contribution in [0.15, 0.2) is 48.8 Å². The minimum Gasteiger partial charge on any atom is -0.281 e. The molecule has 1 saturated heterocycles. The van der Waals surface area contributed by atoms with E-state index in [1.807, 2.05) is 43.3 Å². The molecule has 0 spiro atoms. The molecule has 27 heavy (non-hydrogen) atoms. The number of carbonyl (C=O) groups is 1. The molecule has 138 valence electrons. The summed E-state index contributed by atoms with van der Waals surface area (Å²) in [4.78, 5) is 23.5. The largest absolute Gasteiger partial charge is 0.281 e. The third-order valence-electron chi connectivity index (χ3n) is 5.05. The molecule has 1 N–H and O–H groups in total. The number of aromatic amines is 1. The number of nitrogens with zero attached hydrogens (tertiary/aromatic N) is 4. The Morgan fingerprint density at radius 2 is 1.93 bits per heavy atom. The van der Waals surface area contributed by atoms with E-state index in [1.54, 1.807) is 17.3 Å². The van der Waals surface area contributed by atoms with Gasteiger partial charge in [-0.15, -0.1) is 0 Å². The first-order valence-corrected chi connectivity index (χ1v) is 9.32. The van der Waals surface area contributed by atoms with Crippen LogP contribution >= 0.6 is 11.6 Å². The van der Waals surface area contributed by atoms with Gasteiger partial charge in [0, 0.05) is 29.5 Å². The van der Waals surface area contributed by atoms with Crippen LogP contribution in [0, 0.1) is 5.41 Å². The van der Waals surface area contributed by atoms with Gasteiger partial charge in [-0.05, 0) is 49.1 Å². The molecule has 1 aliphatic heterocycles. The Kier molecular flexibility index (Phi) is 4.66. The number of hydrogen-bond donors (Lipinski definition) is 1. The monoisotopic (exact) mass is 381 g/mol. The van der Waals surface area contributed by atoms with Crippen LogP contribution < -0.4 is 4.90 Å². The summed E-state index contributed by atoms with van der Waals surface area (Å²) in [5.74, 6) is 1.13. The summed E-state index contributed by atoms with van der Waals surface area (Å²) in [6, 6.07) is 11.4. The molecule has 2 aromatic heterocycles. The summed E-state index contributed by atoms with van der Waals surface area (Å²) < 4.78 is 0. The van der Waals surface area contributed by atoms with Crippen LogP contribution in [0.2, 0.25) is 5.02 Å². The highest BCUT2D eigenvalue weighted by Gasteiger charge is 2.41. The molecule has 0 bridgehead atoms. The molecule has 0 aliphatic carbocycles. The van der Waals surface area contributed by atoms with Crippen molar-refractivity contribution in [3.05, 3.63) is 59.4 Å². The van der Waals surface area contributed by atoms with Crippen molar-refractivity contribution in [2.24, 2.45) is 5.41 Å². The number of carbonyl (C=O) groups excluding carboxylic acids is 1. The number of pyridine rings is 1. The number of aromatic nitrogens is 4. The van der Waals surface area contributed by atoms with E-state index in [2.05, 4.69) is 20.2 Å². The van der Waals surface area contributed by atoms with Crippen molar-refractivity contribution < 1.29 is 4.79 Å². The minimum absolute atomic E-state index is 0.0705. The highest BCUT2D eigenvalue weighted by atomic mass is 35.5. The van der Waals surface area contributed by atoms with E-state index < -0.39 is 5.41 Å². The molecule has 4 rings (SSSR count). The lowest BCUT2D eigenvalue weighted by Gasteiger charge is -2.38. The van der Waals surface area contributed by atoms with Crippen molar-refractivity contribution in [3.8, 4) is 11.4 Å². The second-order valence-corrected chi connectivity index (χ2v) is 7.58. The zero-order valence-electron chi connectivity index (χ0n) is 15.0. The van der Waals surface area contributed by atoms with Gasteiger partial charge in [0.25, 0.3) is 0 Å². The van der Waals surface area contributed by atoms with E-state index in [0.29, 0.717) is 29.8 Å². The number of hydrogen-bond acceptors (Lipinski definition) is 4. The van der Waals surface area contributed by atoms with Gasteiger partial charge in [0.1, 0.15) is 0 Å². The first kappa shape index (κ1) is 17.7. The van der Waals surface area contributed by atoms with Crippen LogP contribution in [-0.2, 0) is 11.2 Å². The zero-order valence-corrected chi connectivity index (χ0v) is 15.8. The Bertz CT molecular complexity index is 941. The number of amides is 1. The van der Waals surface area contributed by atoms with Gasteiger partial charge < -0.3 is 0 Å². The van der Waals surface area contributed by atoms with Gasteiger partial charge in [-0.3, -0.25) is 14.7 Å². The molecular weight excluding hydrogens is 362 g/mol. The number of anilines is 1. The lowest BCUT2D eigenvalue weighted by molar-refractivity contribution is -0.129. The standard InChI is InChI=1S/C20H20ClN5O/c1-20(13-14-3-5-16(21)6-4-14)9-2-12-26(18(20)27)19-23-17(24-25-19)15-7-10-22-11-8-15/h3-8,10-11H,2,9,12-13H2,1H3,(H,23,24,25)/t20-/m1/s1. The molecule has 1 fully saturated rings. The van der Waals surface area contributed by atoms with Crippen molar-refractivity contribution in [2.75, 3.05) is 11.4 Å². The molecule has 1 amide bonds. The highest BCUT2D eigenvalue weighted by Crippen LogP contribution is 2.36. The maximum atomic E-state index is 13.3. The summed E-state index contributed by atoms with van der Waals surface area (Å²) in [6.07, 6.45) is 5.82. The fourth-order valence-corrected chi connectivity index (χ4v) is 3.71. The molecule has 3 aromatic rings. The first-order valence-electron chi connectivity index (χ1n) is 8.94. The molecular formula is C20H20ClN5O. The smallest absolute Gasteiger partial charge is 0.235 e. The zero-order chi connectivity index (χ0) is 18.9. The predicted octanol–water partition coefficient (Wildman–Crippen LogP) is 3.90. The van der Waals surface area contributed by atoms with Gasteiger partial charge >= 0.3 is 0 Å². The van der Waals surface area contributed by atoms with E-state index in [9.17, 15) is 4.79 Å². The molecule has 1 aromatic carbocycles. The van der Waals surface area contributed by atoms with Crippen LogP contribution in [-0.4, -0.2) is 32.6 Å². The van der Waals surface area contributed by atoms with E-state index >= 15 is 0 Å². The number of nitrogens with one attached hydrogen (secondary N) is 1. The van der Waals surface area contributed by atoms with Crippen molar-refractivity contribution in [1.29, 1.82) is 0 Å². The molecule has 3 heterocycles. The number of H-pyrrole nitrogens is 1. The molecule has 0 saturated carbocycles. The molecule has 0 unspecified atom stereocenters. The average molecular weight is 382 g/mol. The third kappa shape index (κ3) is 3.57. The van der Waals surface area contributed by atoms with Gasteiger partial charge in [-0.1, -0.05) is 30.7 Å². The maximum Gasteiger partial charge on any atom is 0.235 e. The number of benzene rings is 1. The van der Waals surface area contributed by atoms with Crippen LogP contribution in [0.5, 0.6) is 0 Å². The lowest BCUT2D eigenvalue weighted by Crippen LogP contribution is -2.49. The first-order chi connectivity index (χ1) is 13.0. The Hall–Kier alpha value is -2.73. The Morgan fingerprint density at radius 3 is 2.67 bits per heavy atom. The minimum atomic E-state index is -0.476. The van der Waals surface area contributed by atoms with E-state index in [1.165, 1.54) is 0 Å². The van der Waals surface area contributed by atoms with Crippen molar-refractivity contribution in [3.63, 3.8) is 0 Å². The third-order valence-corrected chi connectivity index (χ3v) is 5.30. The van der Waals surface area contributed by atoms with Crippen LogP contribution in [0.3, 0.4) is 0 Å². The number of halogens is 1.